The van der Waals surface area contributed by atoms with Crippen molar-refractivity contribution in [3.63, 3.8) is 0 Å². The summed E-state index contributed by atoms with van der Waals surface area (Å²) in [7, 11) is 0. The first-order valence-corrected chi connectivity index (χ1v) is 7.61. The third-order valence-electron chi connectivity index (χ3n) is 3.94. The average molecular weight is 263 g/mol. The molecule has 0 heterocycles. The van der Waals surface area contributed by atoms with Gasteiger partial charge in [0.2, 0.25) is 0 Å². The van der Waals surface area contributed by atoms with Gasteiger partial charge in [0.25, 0.3) is 0 Å². The van der Waals surface area contributed by atoms with E-state index in [2.05, 4.69) is 0 Å². The van der Waals surface area contributed by atoms with Crippen LogP contribution in [0.3, 0.4) is 0 Å². The second kappa shape index (κ2) is 7.54. The van der Waals surface area contributed by atoms with E-state index >= 15 is 0 Å². The Morgan fingerprint density at radius 2 is 2.16 bits per heavy atom. The van der Waals surface area contributed by atoms with Crippen molar-refractivity contribution in [1.82, 2.24) is 0 Å². The molecule has 2 rings (SSSR count). The third kappa shape index (κ3) is 4.54. The van der Waals surface area contributed by atoms with E-state index in [1.165, 1.54) is 32.1 Å². The maximum atomic E-state index is 10.0. The first-order valence-electron chi connectivity index (χ1n) is 8.11. The minimum absolute atomic E-state index is 0.413. The Hall–Kier alpha value is -1.02. The molecule has 19 heavy (non-hydrogen) atoms. The highest BCUT2D eigenvalue weighted by atomic mass is 16.5. The summed E-state index contributed by atoms with van der Waals surface area (Å²) in [6.45, 7) is 2.79. The maximum Gasteiger partial charge on any atom is 0.119 e. The van der Waals surface area contributed by atoms with E-state index in [9.17, 15) is 5.11 Å². The van der Waals surface area contributed by atoms with Crippen molar-refractivity contribution in [2.75, 3.05) is 6.61 Å². The van der Waals surface area contributed by atoms with Crippen molar-refractivity contribution in [2.45, 2.75) is 58.0 Å². The summed E-state index contributed by atoms with van der Waals surface area (Å²) < 4.78 is 13.7. The Kier molecular flexibility index (Phi) is 5.15. The van der Waals surface area contributed by atoms with Crippen LogP contribution in [-0.4, -0.2) is 11.7 Å². The van der Waals surface area contributed by atoms with Crippen LogP contribution in [0.2, 0.25) is 0 Å². The summed E-state index contributed by atoms with van der Waals surface area (Å²) in [4.78, 5) is 0. The summed E-state index contributed by atoms with van der Waals surface area (Å²) in [5, 5.41) is 10.0. The summed E-state index contributed by atoms with van der Waals surface area (Å²) in [5.74, 6) is 1.38. The van der Waals surface area contributed by atoms with Crippen LogP contribution in [0.4, 0.5) is 0 Å². The second-order valence-electron chi connectivity index (χ2n) is 5.62. The van der Waals surface area contributed by atoms with Crippen molar-refractivity contribution in [1.29, 1.82) is 0 Å². The molecular formula is C17H26O2. The molecule has 1 aromatic carbocycles. The molecule has 0 spiro atoms. The fraction of sp³-hybridized carbons (Fsp3) is 0.647. The zero-order valence-electron chi connectivity index (χ0n) is 12.9. The minimum atomic E-state index is -0.484. The lowest BCUT2D eigenvalue weighted by molar-refractivity contribution is 0.165. The monoisotopic (exact) mass is 263 g/mol. The number of rotatable bonds is 6. The highest BCUT2D eigenvalue weighted by Gasteiger charge is 2.14. The van der Waals surface area contributed by atoms with Gasteiger partial charge in [-0.15, -0.1) is 0 Å². The Balaban J connectivity index is 1.96. The van der Waals surface area contributed by atoms with Crippen molar-refractivity contribution in [3.05, 3.63) is 29.8 Å². The van der Waals surface area contributed by atoms with Gasteiger partial charge in [-0.25, -0.2) is 0 Å². The molecule has 1 aliphatic rings. The van der Waals surface area contributed by atoms with Crippen molar-refractivity contribution >= 4 is 0 Å². The van der Waals surface area contributed by atoms with E-state index in [0.717, 1.165) is 30.8 Å². The van der Waals surface area contributed by atoms with Crippen LogP contribution in [0.1, 0.15) is 64.9 Å². The first kappa shape index (κ1) is 13.0. The molecule has 0 bridgehead atoms. The van der Waals surface area contributed by atoms with Crippen LogP contribution in [0.5, 0.6) is 5.75 Å². The lowest BCUT2D eigenvalue weighted by Gasteiger charge is -2.22. The van der Waals surface area contributed by atoms with Gasteiger partial charge in [-0.2, -0.15) is 0 Å². The van der Waals surface area contributed by atoms with E-state index in [-0.39, 0.29) is 0 Å². The van der Waals surface area contributed by atoms with Gasteiger partial charge in [0.1, 0.15) is 5.75 Å². The Bertz CT molecular complexity index is 413. The van der Waals surface area contributed by atoms with Crippen LogP contribution < -0.4 is 4.74 Å². The van der Waals surface area contributed by atoms with Crippen LogP contribution in [0.15, 0.2) is 24.2 Å². The molecule has 2 heteroatoms. The fourth-order valence-corrected chi connectivity index (χ4v) is 2.75. The van der Waals surface area contributed by atoms with Gasteiger partial charge in [0.05, 0.1) is 14.1 Å². The van der Waals surface area contributed by atoms with Gasteiger partial charge < -0.3 is 9.84 Å². The zero-order chi connectivity index (χ0) is 14.4. The number of hydrogen-bond donors (Lipinski definition) is 1. The highest BCUT2D eigenvalue weighted by Crippen LogP contribution is 2.26. The van der Waals surface area contributed by atoms with Crippen LogP contribution in [-0.2, 0) is 0 Å². The Morgan fingerprint density at radius 3 is 2.89 bits per heavy atom. The maximum absolute atomic E-state index is 10.0. The molecule has 1 aromatic rings. The van der Waals surface area contributed by atoms with E-state index in [1.807, 2.05) is 13.0 Å². The third-order valence-corrected chi connectivity index (χ3v) is 3.94. The molecule has 0 saturated heterocycles. The molecule has 1 aliphatic carbocycles. The SMILES string of the molecule is [2H]c1cc(OCC2CCCCC2)cc(C(O)CCC)c1. The molecule has 0 radical (unpaired) electrons. The molecule has 1 saturated carbocycles. The average Bonchev–Trinajstić information content (AvgIpc) is 2.46. The predicted molar refractivity (Wildman–Crippen MR) is 78.4 cm³/mol. The molecule has 106 valence electrons. The number of benzene rings is 1. The van der Waals surface area contributed by atoms with Crippen molar-refractivity contribution in [3.8, 4) is 5.75 Å². The number of aliphatic hydroxyl groups is 1. The first-order chi connectivity index (χ1) is 9.69. The molecule has 0 aliphatic heterocycles. The normalized spacial score (nSPS) is 18.9. The molecule has 1 N–H and O–H groups in total. The van der Waals surface area contributed by atoms with E-state index in [1.54, 1.807) is 12.1 Å². The molecule has 1 fully saturated rings. The van der Waals surface area contributed by atoms with Crippen LogP contribution in [0, 0.1) is 5.92 Å². The summed E-state index contributed by atoms with van der Waals surface area (Å²) in [6, 6.07) is 5.77. The number of hydrogen-bond acceptors (Lipinski definition) is 2. The predicted octanol–water partition coefficient (Wildman–Crippen LogP) is 4.48. The van der Waals surface area contributed by atoms with E-state index in [0.29, 0.717) is 12.0 Å². The molecule has 1 atom stereocenters. The van der Waals surface area contributed by atoms with Crippen LogP contribution in [0.25, 0.3) is 0 Å². The summed E-state index contributed by atoms with van der Waals surface area (Å²) >= 11 is 0. The zero-order valence-corrected chi connectivity index (χ0v) is 11.9. The van der Waals surface area contributed by atoms with E-state index < -0.39 is 6.10 Å². The smallest absolute Gasteiger partial charge is 0.119 e. The topological polar surface area (TPSA) is 29.5 Å². The quantitative estimate of drug-likeness (QED) is 0.820. The van der Waals surface area contributed by atoms with Gasteiger partial charge in [-0.3, -0.25) is 0 Å². The summed E-state index contributed by atoms with van der Waals surface area (Å²) in [6.07, 6.45) is 7.67. The fourth-order valence-electron chi connectivity index (χ4n) is 2.75. The summed E-state index contributed by atoms with van der Waals surface area (Å²) in [5.41, 5.74) is 0.804. The number of aliphatic hydroxyl groups excluding tert-OH is 1. The minimum Gasteiger partial charge on any atom is -0.493 e. The van der Waals surface area contributed by atoms with Gasteiger partial charge in [-0.1, -0.05) is 44.7 Å². The Morgan fingerprint density at radius 1 is 1.37 bits per heavy atom. The molecule has 1 unspecified atom stereocenters. The molecular weight excluding hydrogens is 236 g/mol. The molecule has 0 amide bonds. The van der Waals surface area contributed by atoms with Gasteiger partial charge >= 0.3 is 0 Å². The van der Waals surface area contributed by atoms with E-state index in [4.69, 9.17) is 6.11 Å². The lowest BCUT2D eigenvalue weighted by Crippen LogP contribution is -2.15. The lowest BCUT2D eigenvalue weighted by atomic mass is 9.90. The van der Waals surface area contributed by atoms with Crippen LogP contribution >= 0.6 is 0 Å². The van der Waals surface area contributed by atoms with Gasteiger partial charge in [0, 0.05) is 0 Å². The van der Waals surface area contributed by atoms with Gasteiger partial charge in [0.15, 0.2) is 0 Å². The number of ether oxygens (including phenoxy) is 1. The molecule has 0 aromatic heterocycles. The van der Waals surface area contributed by atoms with Crippen molar-refractivity contribution < 1.29 is 11.2 Å². The Labute approximate surface area is 118 Å². The van der Waals surface area contributed by atoms with Gasteiger partial charge in [-0.05, 0) is 42.9 Å². The highest BCUT2D eigenvalue weighted by molar-refractivity contribution is 5.29. The standard InChI is InChI=1S/C17H26O2/c1-2-7-17(18)15-10-6-11-16(12-15)19-13-14-8-4-3-5-9-14/h6,10-12,14,17-18H,2-5,7-9,13H2,1H3/i6D. The molecule has 2 nitrogen and oxygen atoms in total. The largest absolute Gasteiger partial charge is 0.493 e. The second-order valence-corrected chi connectivity index (χ2v) is 5.62. The van der Waals surface area contributed by atoms with Crippen molar-refractivity contribution in [2.24, 2.45) is 5.92 Å².